The number of nitrogens with zero attached hydrogens (tertiary/aromatic N) is 3. The van der Waals surface area contributed by atoms with Crippen molar-refractivity contribution in [3.05, 3.63) is 38.8 Å². The highest BCUT2D eigenvalue weighted by Gasteiger charge is 2.10. The molecule has 0 radical (unpaired) electrons. The lowest BCUT2D eigenvalue weighted by Gasteiger charge is -1.93. The van der Waals surface area contributed by atoms with E-state index in [0.29, 0.717) is 0 Å². The summed E-state index contributed by atoms with van der Waals surface area (Å²) in [5.41, 5.74) is 1.70. The number of aryl methyl sites for hydroxylation is 1. The van der Waals surface area contributed by atoms with Crippen LogP contribution in [0.25, 0.3) is 11.0 Å². The molecule has 0 aliphatic heterocycles. The summed E-state index contributed by atoms with van der Waals surface area (Å²) in [6, 6.07) is 0. The minimum atomic E-state index is -0.398. The number of imidazole rings is 1. The Labute approximate surface area is 89.8 Å². The molecule has 0 N–H and O–H groups in total. The summed E-state index contributed by atoms with van der Waals surface area (Å²) in [4.78, 5) is 15.3. The van der Waals surface area contributed by atoms with E-state index in [1.807, 2.05) is 22.9 Å². The van der Waals surface area contributed by atoms with E-state index in [1.165, 1.54) is 18.3 Å². The van der Waals surface area contributed by atoms with E-state index >= 15 is 0 Å². The van der Waals surface area contributed by atoms with Crippen LogP contribution in [0.15, 0.2) is 17.3 Å². The number of nitro groups is 1. The van der Waals surface area contributed by atoms with Crippen LogP contribution >= 0.6 is 11.3 Å². The molecule has 0 aromatic carbocycles. The summed E-state index contributed by atoms with van der Waals surface area (Å²) in [6.07, 6.45) is 3.40. The van der Waals surface area contributed by atoms with Crippen molar-refractivity contribution in [2.45, 2.75) is 13.8 Å². The first kappa shape index (κ1) is 9.85. The lowest BCUT2D eigenvalue weighted by atomic mass is 10.3. The van der Waals surface area contributed by atoms with Gasteiger partial charge in [-0.2, -0.15) is 0 Å². The molecule has 0 atom stereocenters. The van der Waals surface area contributed by atoms with Crippen molar-refractivity contribution in [1.29, 1.82) is 0 Å². The molecule has 0 saturated carbocycles. The Kier molecular flexibility index (Phi) is 2.28. The number of allylic oxidation sites excluding steroid dienone is 1. The van der Waals surface area contributed by atoms with E-state index < -0.39 is 4.92 Å². The number of fused-ring (bicyclic) bond motifs is 1. The maximum absolute atomic E-state index is 10.5. The van der Waals surface area contributed by atoms with E-state index in [4.69, 9.17) is 0 Å². The van der Waals surface area contributed by atoms with Gasteiger partial charge < -0.3 is 0 Å². The smallest absolute Gasteiger partial charge is 0.245 e. The average Bonchev–Trinajstić information content (AvgIpc) is 2.69. The van der Waals surface area contributed by atoms with Gasteiger partial charge >= 0.3 is 0 Å². The summed E-state index contributed by atoms with van der Waals surface area (Å²) in [5.74, 6) is 0. The summed E-state index contributed by atoms with van der Waals surface area (Å²) in [6.45, 7) is 3.32. The normalized spacial score (nSPS) is 12.3. The number of aromatic nitrogens is 2. The Morgan fingerprint density at radius 2 is 2.47 bits per heavy atom. The molecule has 0 fully saturated rings. The van der Waals surface area contributed by atoms with Gasteiger partial charge in [-0.1, -0.05) is 0 Å². The average molecular weight is 223 g/mol. The fourth-order valence-corrected chi connectivity index (χ4v) is 2.10. The van der Waals surface area contributed by atoms with Crippen LogP contribution in [-0.2, 0) is 0 Å². The predicted octanol–water partition coefficient (Wildman–Crippen LogP) is 2.34. The van der Waals surface area contributed by atoms with Crippen molar-refractivity contribution in [1.82, 2.24) is 9.38 Å². The molecule has 2 aromatic heterocycles. The zero-order valence-electron chi connectivity index (χ0n) is 8.30. The molecule has 0 saturated heterocycles. The maximum Gasteiger partial charge on any atom is 0.245 e. The van der Waals surface area contributed by atoms with Crippen LogP contribution in [0.1, 0.15) is 18.3 Å². The molecule has 0 unspecified atom stereocenters. The van der Waals surface area contributed by atoms with E-state index in [0.717, 1.165) is 16.3 Å². The Morgan fingerprint density at radius 3 is 3.13 bits per heavy atom. The molecule has 0 amide bonds. The molecular formula is C9H9N3O2S. The first-order chi connectivity index (χ1) is 7.09. The standard InChI is InChI=1S/C9H9N3O2S/c1-6(12(13)14)5-8-7(2)10-9-11(8)3-4-15-9/h3-5H,1-2H3. The number of thiazole rings is 1. The van der Waals surface area contributed by atoms with E-state index in [9.17, 15) is 10.1 Å². The van der Waals surface area contributed by atoms with Crippen LogP contribution in [0, 0.1) is 17.0 Å². The third-order valence-electron chi connectivity index (χ3n) is 2.12. The van der Waals surface area contributed by atoms with Gasteiger partial charge in [-0.25, -0.2) is 4.98 Å². The van der Waals surface area contributed by atoms with Crippen molar-refractivity contribution in [3.8, 4) is 0 Å². The Bertz CT molecular complexity index is 553. The molecule has 2 aromatic rings. The maximum atomic E-state index is 10.5. The van der Waals surface area contributed by atoms with Gasteiger partial charge in [-0.3, -0.25) is 14.5 Å². The van der Waals surface area contributed by atoms with Crippen LogP contribution < -0.4 is 0 Å². The van der Waals surface area contributed by atoms with E-state index in [2.05, 4.69) is 4.98 Å². The van der Waals surface area contributed by atoms with E-state index in [1.54, 1.807) is 6.08 Å². The molecule has 0 aliphatic carbocycles. The van der Waals surface area contributed by atoms with Crippen molar-refractivity contribution in [2.24, 2.45) is 0 Å². The minimum Gasteiger partial charge on any atom is -0.290 e. The van der Waals surface area contributed by atoms with Gasteiger partial charge in [0.05, 0.1) is 16.3 Å². The van der Waals surface area contributed by atoms with Gasteiger partial charge in [0.2, 0.25) is 5.70 Å². The van der Waals surface area contributed by atoms with Gasteiger partial charge in [-0.05, 0) is 6.92 Å². The molecule has 2 rings (SSSR count). The van der Waals surface area contributed by atoms with Crippen LogP contribution in [0.2, 0.25) is 0 Å². The SMILES string of the molecule is CC(=Cc1c(C)nc2sccn12)[N+](=O)[O-]. The van der Waals surface area contributed by atoms with Crippen molar-refractivity contribution >= 4 is 22.4 Å². The summed E-state index contributed by atoms with van der Waals surface area (Å²) in [5, 5.41) is 12.4. The van der Waals surface area contributed by atoms with Crippen LogP contribution in [0.5, 0.6) is 0 Å². The second kappa shape index (κ2) is 3.47. The molecule has 0 spiro atoms. The van der Waals surface area contributed by atoms with Gasteiger partial charge in [-0.15, -0.1) is 11.3 Å². The lowest BCUT2D eigenvalue weighted by molar-refractivity contribution is -0.422. The molecule has 2 heterocycles. The second-order valence-electron chi connectivity index (χ2n) is 3.18. The first-order valence-electron chi connectivity index (χ1n) is 4.34. The second-order valence-corrected chi connectivity index (χ2v) is 4.05. The molecule has 0 bridgehead atoms. The molecule has 15 heavy (non-hydrogen) atoms. The highest BCUT2D eigenvalue weighted by Crippen LogP contribution is 2.19. The Morgan fingerprint density at radius 1 is 1.73 bits per heavy atom. The first-order valence-corrected chi connectivity index (χ1v) is 5.22. The molecule has 78 valence electrons. The molecule has 6 heteroatoms. The number of hydrogen-bond donors (Lipinski definition) is 0. The molecule has 0 aliphatic rings. The quantitative estimate of drug-likeness (QED) is 0.580. The van der Waals surface area contributed by atoms with Gasteiger partial charge in [0.15, 0.2) is 4.96 Å². The number of hydrogen-bond acceptors (Lipinski definition) is 4. The Balaban J connectivity index is 2.60. The predicted molar refractivity (Wildman–Crippen MR) is 58.5 cm³/mol. The highest BCUT2D eigenvalue weighted by atomic mass is 32.1. The largest absolute Gasteiger partial charge is 0.290 e. The van der Waals surface area contributed by atoms with Crippen molar-refractivity contribution in [2.75, 3.05) is 0 Å². The lowest BCUT2D eigenvalue weighted by Crippen LogP contribution is -1.94. The summed E-state index contributed by atoms with van der Waals surface area (Å²) in [7, 11) is 0. The molecule has 5 nitrogen and oxygen atoms in total. The van der Waals surface area contributed by atoms with Crippen molar-refractivity contribution < 1.29 is 4.92 Å². The minimum absolute atomic E-state index is 0.117. The zero-order chi connectivity index (χ0) is 11.0. The van der Waals surface area contributed by atoms with Gasteiger partial charge in [0.1, 0.15) is 0 Å². The van der Waals surface area contributed by atoms with Crippen LogP contribution in [0.4, 0.5) is 0 Å². The zero-order valence-corrected chi connectivity index (χ0v) is 9.11. The summed E-state index contributed by atoms with van der Waals surface area (Å²) < 4.78 is 1.85. The van der Waals surface area contributed by atoms with E-state index in [-0.39, 0.29) is 5.70 Å². The topological polar surface area (TPSA) is 60.4 Å². The molecular weight excluding hydrogens is 214 g/mol. The number of rotatable bonds is 2. The third-order valence-corrected chi connectivity index (χ3v) is 2.87. The fraction of sp³-hybridized carbons (Fsp3) is 0.222. The summed E-state index contributed by atoms with van der Waals surface area (Å²) >= 11 is 1.51. The van der Waals surface area contributed by atoms with Gasteiger partial charge in [0, 0.05) is 24.6 Å². The van der Waals surface area contributed by atoms with Crippen LogP contribution in [-0.4, -0.2) is 14.3 Å². The van der Waals surface area contributed by atoms with Gasteiger partial charge in [0.25, 0.3) is 0 Å². The van der Waals surface area contributed by atoms with Crippen LogP contribution in [0.3, 0.4) is 0 Å². The Hall–Kier alpha value is -1.69. The third kappa shape index (κ3) is 1.63. The van der Waals surface area contributed by atoms with Crippen molar-refractivity contribution in [3.63, 3.8) is 0 Å². The highest BCUT2D eigenvalue weighted by molar-refractivity contribution is 7.15. The monoisotopic (exact) mass is 223 g/mol. The fourth-order valence-electron chi connectivity index (χ4n) is 1.34.